The molecular formula is C22H25N3OS. The third kappa shape index (κ3) is 4.54. The molecule has 0 bridgehead atoms. The van der Waals surface area contributed by atoms with Crippen molar-refractivity contribution in [1.82, 2.24) is 14.8 Å². The van der Waals surface area contributed by atoms with Gasteiger partial charge in [0.15, 0.2) is 0 Å². The number of hydrogen-bond acceptors (Lipinski definition) is 4. The van der Waals surface area contributed by atoms with E-state index in [-0.39, 0.29) is 5.91 Å². The Balaban J connectivity index is 1.26. The van der Waals surface area contributed by atoms with Crippen LogP contribution in [0.2, 0.25) is 0 Å². The third-order valence-electron chi connectivity index (χ3n) is 5.13. The number of aromatic nitrogens is 1. The summed E-state index contributed by atoms with van der Waals surface area (Å²) in [5, 5.41) is 1.16. The molecule has 0 radical (unpaired) electrons. The highest BCUT2D eigenvalue weighted by atomic mass is 32.1. The van der Waals surface area contributed by atoms with Crippen molar-refractivity contribution in [3.05, 3.63) is 64.7 Å². The number of rotatable bonds is 5. The molecule has 0 N–H and O–H groups in total. The van der Waals surface area contributed by atoms with Crippen molar-refractivity contribution >= 4 is 27.5 Å². The van der Waals surface area contributed by atoms with Gasteiger partial charge in [0.2, 0.25) is 5.91 Å². The number of piperazine rings is 1. The Morgan fingerprint density at radius 1 is 1.07 bits per heavy atom. The number of aryl methyl sites for hydroxylation is 2. The first-order chi connectivity index (χ1) is 13.2. The number of benzene rings is 2. The van der Waals surface area contributed by atoms with Gasteiger partial charge in [0.1, 0.15) is 5.01 Å². The van der Waals surface area contributed by atoms with Crippen molar-refractivity contribution in [3.8, 4) is 0 Å². The fraction of sp³-hybridized carbons (Fsp3) is 0.364. The van der Waals surface area contributed by atoms with Crippen LogP contribution in [0.4, 0.5) is 0 Å². The molecule has 1 aliphatic heterocycles. The molecule has 5 heteroatoms. The normalized spacial score (nSPS) is 15.4. The van der Waals surface area contributed by atoms with Crippen molar-refractivity contribution in [2.45, 2.75) is 26.3 Å². The molecule has 3 aromatic rings. The van der Waals surface area contributed by atoms with Crippen molar-refractivity contribution in [2.75, 3.05) is 26.2 Å². The Labute approximate surface area is 164 Å². The Hall–Kier alpha value is -2.24. The summed E-state index contributed by atoms with van der Waals surface area (Å²) in [6.45, 7) is 6.45. The van der Waals surface area contributed by atoms with Gasteiger partial charge in [0, 0.05) is 32.6 Å². The van der Waals surface area contributed by atoms with Crippen LogP contribution >= 0.6 is 11.3 Å². The number of carbonyl (C=O) groups is 1. The first-order valence-corrected chi connectivity index (χ1v) is 10.4. The summed E-state index contributed by atoms with van der Waals surface area (Å²) < 4.78 is 1.25. The molecule has 1 saturated heterocycles. The van der Waals surface area contributed by atoms with Crippen LogP contribution in [0.5, 0.6) is 0 Å². The van der Waals surface area contributed by atoms with Gasteiger partial charge < -0.3 is 4.90 Å². The Morgan fingerprint density at radius 2 is 1.89 bits per heavy atom. The smallest absolute Gasteiger partial charge is 0.222 e. The predicted molar refractivity (Wildman–Crippen MR) is 111 cm³/mol. The summed E-state index contributed by atoms with van der Waals surface area (Å²) in [6.07, 6.45) is 1.42. The highest BCUT2D eigenvalue weighted by Gasteiger charge is 2.21. The zero-order valence-corrected chi connectivity index (χ0v) is 16.5. The van der Waals surface area contributed by atoms with E-state index < -0.39 is 0 Å². The van der Waals surface area contributed by atoms with E-state index in [0.29, 0.717) is 6.42 Å². The molecule has 140 valence electrons. The van der Waals surface area contributed by atoms with Crippen LogP contribution in [0.3, 0.4) is 0 Å². The molecule has 0 aliphatic carbocycles. The highest BCUT2D eigenvalue weighted by Crippen LogP contribution is 2.23. The van der Waals surface area contributed by atoms with Gasteiger partial charge >= 0.3 is 0 Å². The maximum absolute atomic E-state index is 12.5. The van der Waals surface area contributed by atoms with Gasteiger partial charge in [0.25, 0.3) is 0 Å². The average Bonchev–Trinajstić information content (AvgIpc) is 3.09. The first-order valence-electron chi connectivity index (χ1n) is 9.57. The van der Waals surface area contributed by atoms with Gasteiger partial charge in [-0.25, -0.2) is 4.98 Å². The number of amides is 1. The van der Waals surface area contributed by atoms with E-state index in [0.717, 1.165) is 49.7 Å². The lowest BCUT2D eigenvalue weighted by atomic mass is 10.1. The lowest BCUT2D eigenvalue weighted by molar-refractivity contribution is -0.133. The van der Waals surface area contributed by atoms with Gasteiger partial charge in [-0.3, -0.25) is 9.69 Å². The Morgan fingerprint density at radius 3 is 2.67 bits per heavy atom. The molecule has 0 unspecified atom stereocenters. The minimum Gasteiger partial charge on any atom is -0.340 e. The second-order valence-corrected chi connectivity index (χ2v) is 8.34. The number of thiazole rings is 1. The molecule has 2 heterocycles. The molecule has 1 amide bonds. The summed E-state index contributed by atoms with van der Waals surface area (Å²) in [4.78, 5) is 21.7. The van der Waals surface area contributed by atoms with E-state index in [4.69, 9.17) is 4.98 Å². The fourth-order valence-corrected chi connectivity index (χ4v) is 4.62. The monoisotopic (exact) mass is 379 g/mol. The zero-order valence-electron chi connectivity index (χ0n) is 15.7. The van der Waals surface area contributed by atoms with Gasteiger partial charge in [0.05, 0.1) is 16.8 Å². The Bertz CT molecular complexity index is 895. The maximum atomic E-state index is 12.5. The second kappa shape index (κ2) is 8.19. The quantitative estimate of drug-likeness (QED) is 0.675. The third-order valence-corrected chi connectivity index (χ3v) is 6.15. The van der Waals surface area contributed by atoms with Crippen LogP contribution in [0, 0.1) is 6.92 Å². The molecule has 1 fully saturated rings. The van der Waals surface area contributed by atoms with Gasteiger partial charge in [-0.1, -0.05) is 42.0 Å². The SMILES string of the molecule is Cc1cccc(CCC(=O)N2CCN(Cc3nc4ccccc4s3)CC2)c1. The first kappa shape index (κ1) is 18.1. The van der Waals surface area contributed by atoms with Crippen LogP contribution in [-0.2, 0) is 17.8 Å². The van der Waals surface area contributed by atoms with Crippen LogP contribution < -0.4 is 0 Å². The number of carbonyl (C=O) groups excluding carboxylic acids is 1. The molecule has 0 atom stereocenters. The molecule has 4 nitrogen and oxygen atoms in total. The lowest BCUT2D eigenvalue weighted by Gasteiger charge is -2.34. The number of para-hydroxylation sites is 1. The van der Waals surface area contributed by atoms with Crippen LogP contribution in [0.1, 0.15) is 22.6 Å². The zero-order chi connectivity index (χ0) is 18.6. The van der Waals surface area contributed by atoms with E-state index in [1.807, 2.05) is 11.0 Å². The summed E-state index contributed by atoms with van der Waals surface area (Å²) in [6, 6.07) is 16.7. The predicted octanol–water partition coefficient (Wildman–Crippen LogP) is 3.88. The standard InChI is InChI=1S/C22H25N3OS/c1-17-5-4-6-18(15-17)9-10-22(26)25-13-11-24(12-14-25)16-21-23-19-7-2-3-8-20(19)27-21/h2-8,15H,9-14,16H2,1H3. The summed E-state index contributed by atoms with van der Waals surface area (Å²) in [5.74, 6) is 0.274. The van der Waals surface area contributed by atoms with Crippen molar-refractivity contribution in [1.29, 1.82) is 0 Å². The van der Waals surface area contributed by atoms with Crippen LogP contribution in [0.15, 0.2) is 48.5 Å². The second-order valence-electron chi connectivity index (χ2n) is 7.22. The summed E-state index contributed by atoms with van der Waals surface area (Å²) in [5.41, 5.74) is 3.59. The van der Waals surface area contributed by atoms with Gasteiger partial charge in [-0.05, 0) is 31.0 Å². The number of fused-ring (bicyclic) bond motifs is 1. The largest absolute Gasteiger partial charge is 0.340 e. The van der Waals surface area contributed by atoms with E-state index in [2.05, 4.69) is 54.3 Å². The van der Waals surface area contributed by atoms with Crippen molar-refractivity contribution in [2.24, 2.45) is 0 Å². The molecule has 1 aliphatic rings. The molecule has 0 saturated carbocycles. The topological polar surface area (TPSA) is 36.4 Å². The molecule has 2 aromatic carbocycles. The Kier molecular flexibility index (Phi) is 5.50. The summed E-state index contributed by atoms with van der Waals surface area (Å²) in [7, 11) is 0. The molecule has 0 spiro atoms. The molecule has 4 rings (SSSR count). The minimum absolute atomic E-state index is 0.274. The van der Waals surface area contributed by atoms with Crippen molar-refractivity contribution in [3.63, 3.8) is 0 Å². The maximum Gasteiger partial charge on any atom is 0.222 e. The van der Waals surface area contributed by atoms with E-state index in [1.54, 1.807) is 11.3 Å². The van der Waals surface area contributed by atoms with Gasteiger partial charge in [-0.15, -0.1) is 11.3 Å². The average molecular weight is 380 g/mol. The van der Waals surface area contributed by atoms with Gasteiger partial charge in [-0.2, -0.15) is 0 Å². The number of nitrogens with zero attached hydrogens (tertiary/aromatic N) is 3. The summed E-state index contributed by atoms with van der Waals surface area (Å²) >= 11 is 1.77. The molecule has 27 heavy (non-hydrogen) atoms. The van der Waals surface area contributed by atoms with E-state index >= 15 is 0 Å². The van der Waals surface area contributed by atoms with E-state index in [1.165, 1.54) is 15.8 Å². The van der Waals surface area contributed by atoms with Crippen LogP contribution in [0.25, 0.3) is 10.2 Å². The molecular weight excluding hydrogens is 354 g/mol. The number of hydrogen-bond donors (Lipinski definition) is 0. The lowest BCUT2D eigenvalue weighted by Crippen LogP contribution is -2.48. The molecule has 1 aromatic heterocycles. The van der Waals surface area contributed by atoms with Crippen LogP contribution in [-0.4, -0.2) is 46.9 Å². The van der Waals surface area contributed by atoms with Crippen molar-refractivity contribution < 1.29 is 4.79 Å². The fourth-order valence-electron chi connectivity index (χ4n) is 3.61. The minimum atomic E-state index is 0.274. The van der Waals surface area contributed by atoms with E-state index in [9.17, 15) is 4.79 Å². The highest BCUT2D eigenvalue weighted by molar-refractivity contribution is 7.18.